The minimum atomic E-state index is -0.816. The van der Waals surface area contributed by atoms with Crippen LogP contribution in [0.1, 0.15) is 15.9 Å². The SMILES string of the molecule is Cc1c(F)cc(C(=O)Nc2ccc(Cl)nc2)cc1[N+](=O)[O-]. The highest BCUT2D eigenvalue weighted by atomic mass is 35.5. The van der Waals surface area contributed by atoms with Gasteiger partial charge in [-0.1, -0.05) is 11.6 Å². The third-order valence-corrected chi connectivity index (χ3v) is 2.98. The van der Waals surface area contributed by atoms with Crippen molar-refractivity contribution in [3.63, 3.8) is 0 Å². The third kappa shape index (κ3) is 3.32. The monoisotopic (exact) mass is 309 g/mol. The van der Waals surface area contributed by atoms with Gasteiger partial charge in [0.15, 0.2) is 0 Å². The van der Waals surface area contributed by atoms with Crippen LogP contribution in [0, 0.1) is 22.9 Å². The second kappa shape index (κ2) is 5.84. The molecule has 0 radical (unpaired) electrons. The summed E-state index contributed by atoms with van der Waals surface area (Å²) in [5.41, 5.74) is -0.383. The average Bonchev–Trinajstić information content (AvgIpc) is 2.43. The summed E-state index contributed by atoms with van der Waals surface area (Å²) in [4.78, 5) is 25.8. The summed E-state index contributed by atoms with van der Waals surface area (Å²) in [5.74, 6) is -1.50. The highest BCUT2D eigenvalue weighted by molar-refractivity contribution is 6.29. The van der Waals surface area contributed by atoms with Crippen LogP contribution in [-0.2, 0) is 0 Å². The largest absolute Gasteiger partial charge is 0.321 e. The zero-order valence-electron chi connectivity index (χ0n) is 10.8. The number of carbonyl (C=O) groups is 1. The molecule has 1 N–H and O–H groups in total. The van der Waals surface area contributed by atoms with Gasteiger partial charge in [0.05, 0.1) is 22.4 Å². The summed E-state index contributed by atoms with van der Waals surface area (Å²) >= 11 is 5.61. The van der Waals surface area contributed by atoms with Crippen molar-refractivity contribution in [2.24, 2.45) is 0 Å². The van der Waals surface area contributed by atoms with Gasteiger partial charge in [-0.15, -0.1) is 0 Å². The van der Waals surface area contributed by atoms with Crippen LogP contribution in [0.5, 0.6) is 0 Å². The molecule has 2 rings (SSSR count). The number of nitrogens with zero attached hydrogens (tertiary/aromatic N) is 2. The Morgan fingerprint density at radius 3 is 2.71 bits per heavy atom. The first-order chi connectivity index (χ1) is 9.88. The van der Waals surface area contributed by atoms with Crippen molar-refractivity contribution in [2.45, 2.75) is 6.92 Å². The van der Waals surface area contributed by atoms with Crippen molar-refractivity contribution >= 4 is 28.9 Å². The molecule has 0 saturated carbocycles. The van der Waals surface area contributed by atoms with E-state index >= 15 is 0 Å². The highest BCUT2D eigenvalue weighted by Crippen LogP contribution is 2.23. The van der Waals surface area contributed by atoms with E-state index in [0.29, 0.717) is 5.69 Å². The molecule has 2 aromatic rings. The molecule has 8 heteroatoms. The Bertz CT molecular complexity index is 719. The highest BCUT2D eigenvalue weighted by Gasteiger charge is 2.19. The number of nitrogens with one attached hydrogen (secondary N) is 1. The summed E-state index contributed by atoms with van der Waals surface area (Å²) in [6, 6.07) is 4.94. The summed E-state index contributed by atoms with van der Waals surface area (Å²) in [6.45, 7) is 1.28. The molecule has 0 saturated heterocycles. The van der Waals surface area contributed by atoms with Crippen LogP contribution < -0.4 is 5.32 Å². The molecule has 0 aliphatic rings. The van der Waals surface area contributed by atoms with E-state index in [2.05, 4.69) is 10.3 Å². The predicted octanol–water partition coefficient (Wildman–Crippen LogP) is 3.34. The lowest BCUT2D eigenvalue weighted by Gasteiger charge is -2.06. The summed E-state index contributed by atoms with van der Waals surface area (Å²) in [5, 5.41) is 13.5. The minimum Gasteiger partial charge on any atom is -0.321 e. The van der Waals surface area contributed by atoms with Gasteiger partial charge in [0.1, 0.15) is 11.0 Å². The van der Waals surface area contributed by atoms with Gasteiger partial charge in [0, 0.05) is 11.6 Å². The fourth-order valence-corrected chi connectivity index (χ4v) is 1.75. The number of carbonyl (C=O) groups excluding carboxylic acids is 1. The zero-order valence-corrected chi connectivity index (χ0v) is 11.5. The van der Waals surface area contributed by atoms with Crippen molar-refractivity contribution in [1.82, 2.24) is 4.98 Å². The van der Waals surface area contributed by atoms with Gasteiger partial charge in [0.25, 0.3) is 11.6 Å². The van der Waals surface area contributed by atoms with E-state index in [4.69, 9.17) is 11.6 Å². The number of amides is 1. The first-order valence-electron chi connectivity index (χ1n) is 5.76. The molecular weight excluding hydrogens is 301 g/mol. The number of halogens is 2. The number of rotatable bonds is 3. The van der Waals surface area contributed by atoms with E-state index < -0.39 is 22.3 Å². The van der Waals surface area contributed by atoms with Gasteiger partial charge in [-0.05, 0) is 25.1 Å². The van der Waals surface area contributed by atoms with Crippen LogP contribution in [0.2, 0.25) is 5.15 Å². The minimum absolute atomic E-state index is 0.121. The van der Waals surface area contributed by atoms with Gasteiger partial charge in [-0.25, -0.2) is 9.37 Å². The third-order valence-electron chi connectivity index (χ3n) is 2.76. The van der Waals surface area contributed by atoms with Crippen LogP contribution in [0.25, 0.3) is 0 Å². The normalized spacial score (nSPS) is 10.2. The fraction of sp³-hybridized carbons (Fsp3) is 0.0769. The molecule has 0 aliphatic heterocycles. The predicted molar refractivity (Wildman–Crippen MR) is 75.0 cm³/mol. The number of nitro groups is 1. The molecule has 0 unspecified atom stereocenters. The Hall–Kier alpha value is -2.54. The fourth-order valence-electron chi connectivity index (χ4n) is 1.64. The maximum absolute atomic E-state index is 13.6. The van der Waals surface area contributed by atoms with E-state index in [0.717, 1.165) is 12.1 Å². The number of anilines is 1. The van der Waals surface area contributed by atoms with Gasteiger partial charge in [-0.2, -0.15) is 0 Å². The Morgan fingerprint density at radius 2 is 2.14 bits per heavy atom. The van der Waals surface area contributed by atoms with E-state index in [-0.39, 0.29) is 16.3 Å². The van der Waals surface area contributed by atoms with Crippen LogP contribution in [0.3, 0.4) is 0 Å². The smallest absolute Gasteiger partial charge is 0.276 e. The quantitative estimate of drug-likeness (QED) is 0.535. The molecule has 1 amide bonds. The molecule has 1 aromatic carbocycles. The zero-order chi connectivity index (χ0) is 15.6. The molecule has 108 valence electrons. The van der Waals surface area contributed by atoms with Gasteiger partial charge in [-0.3, -0.25) is 14.9 Å². The molecule has 1 heterocycles. The van der Waals surface area contributed by atoms with E-state index in [1.165, 1.54) is 25.3 Å². The van der Waals surface area contributed by atoms with Gasteiger partial charge < -0.3 is 5.32 Å². The molecule has 1 aromatic heterocycles. The van der Waals surface area contributed by atoms with Gasteiger partial charge >= 0.3 is 0 Å². The standard InChI is InChI=1S/C13H9ClFN3O3/c1-7-10(15)4-8(5-11(7)18(20)21)13(19)17-9-2-3-12(14)16-6-9/h2-6H,1H3,(H,17,19). The number of pyridine rings is 1. The van der Waals surface area contributed by atoms with Crippen LogP contribution in [0.4, 0.5) is 15.8 Å². The van der Waals surface area contributed by atoms with Crippen molar-refractivity contribution in [3.05, 3.63) is 62.7 Å². The Balaban J connectivity index is 2.31. The van der Waals surface area contributed by atoms with Gasteiger partial charge in [0.2, 0.25) is 0 Å². The Morgan fingerprint density at radius 1 is 1.43 bits per heavy atom. The number of benzene rings is 1. The lowest BCUT2D eigenvalue weighted by atomic mass is 10.1. The molecule has 6 nitrogen and oxygen atoms in total. The maximum atomic E-state index is 13.6. The lowest BCUT2D eigenvalue weighted by Crippen LogP contribution is -2.13. The molecule has 0 aliphatic carbocycles. The topological polar surface area (TPSA) is 85.1 Å². The summed E-state index contributed by atoms with van der Waals surface area (Å²) in [6.07, 6.45) is 1.32. The van der Waals surface area contributed by atoms with Crippen LogP contribution in [-0.4, -0.2) is 15.8 Å². The Kier molecular flexibility index (Phi) is 4.13. The van der Waals surface area contributed by atoms with Crippen LogP contribution in [0.15, 0.2) is 30.5 Å². The average molecular weight is 310 g/mol. The molecule has 21 heavy (non-hydrogen) atoms. The lowest BCUT2D eigenvalue weighted by molar-refractivity contribution is -0.385. The molecule has 0 spiro atoms. The second-order valence-electron chi connectivity index (χ2n) is 4.18. The van der Waals surface area contributed by atoms with Crippen molar-refractivity contribution < 1.29 is 14.1 Å². The molecular formula is C13H9ClFN3O3. The van der Waals surface area contributed by atoms with Crippen molar-refractivity contribution in [3.8, 4) is 0 Å². The first kappa shape index (κ1) is 14.9. The van der Waals surface area contributed by atoms with E-state index in [1.54, 1.807) is 0 Å². The van der Waals surface area contributed by atoms with E-state index in [9.17, 15) is 19.3 Å². The van der Waals surface area contributed by atoms with Crippen molar-refractivity contribution in [1.29, 1.82) is 0 Å². The number of hydrogen-bond acceptors (Lipinski definition) is 4. The molecule has 0 fully saturated rings. The first-order valence-corrected chi connectivity index (χ1v) is 6.13. The number of nitro benzene ring substituents is 1. The summed E-state index contributed by atoms with van der Waals surface area (Å²) < 4.78 is 13.6. The number of aromatic nitrogens is 1. The Labute approximate surface area is 123 Å². The second-order valence-corrected chi connectivity index (χ2v) is 4.57. The number of hydrogen-bond donors (Lipinski definition) is 1. The van der Waals surface area contributed by atoms with Crippen molar-refractivity contribution in [2.75, 3.05) is 5.32 Å². The van der Waals surface area contributed by atoms with Crippen LogP contribution >= 0.6 is 11.6 Å². The maximum Gasteiger partial charge on any atom is 0.276 e. The summed E-state index contributed by atoms with van der Waals surface area (Å²) in [7, 11) is 0. The molecule has 0 atom stereocenters. The molecule has 0 bridgehead atoms. The van der Waals surface area contributed by atoms with E-state index in [1.807, 2.05) is 0 Å².